The number of pyridine rings is 1. The van der Waals surface area contributed by atoms with Crippen molar-refractivity contribution < 1.29 is 24.0 Å². The number of nitro groups is 1. The van der Waals surface area contributed by atoms with Crippen molar-refractivity contribution >= 4 is 29.3 Å². The van der Waals surface area contributed by atoms with Crippen LogP contribution in [0.4, 0.5) is 11.5 Å². The summed E-state index contributed by atoms with van der Waals surface area (Å²) >= 11 is 0. The Bertz CT molecular complexity index is 1010. The van der Waals surface area contributed by atoms with Gasteiger partial charge in [0.1, 0.15) is 5.82 Å². The van der Waals surface area contributed by atoms with Crippen LogP contribution in [0.2, 0.25) is 0 Å². The smallest absolute Gasteiger partial charge is 0.307 e. The lowest BCUT2D eigenvalue weighted by atomic mass is 10.0. The second kappa shape index (κ2) is 13.5. The Balaban J connectivity index is 1.79. The molecule has 1 atom stereocenters. The minimum absolute atomic E-state index is 0.174. The van der Waals surface area contributed by atoms with Crippen molar-refractivity contribution in [2.24, 2.45) is 0 Å². The van der Waals surface area contributed by atoms with E-state index in [2.05, 4.69) is 25.7 Å². The summed E-state index contributed by atoms with van der Waals surface area (Å²) in [4.78, 5) is 51.2. The number of rotatable bonds is 13. The number of nitro benzene ring substituents is 1. The van der Waals surface area contributed by atoms with Gasteiger partial charge in [0, 0.05) is 25.2 Å². The third kappa shape index (κ3) is 8.85. The highest BCUT2D eigenvalue weighted by atomic mass is 16.6. The van der Waals surface area contributed by atoms with Gasteiger partial charge >= 0.3 is 5.97 Å². The van der Waals surface area contributed by atoms with E-state index < -0.39 is 22.8 Å². The number of nitrogens with zero attached hydrogens (tertiary/aromatic N) is 2. The lowest BCUT2D eigenvalue weighted by Gasteiger charge is -2.18. The molecule has 1 heterocycles. The quantitative estimate of drug-likeness (QED) is 0.174. The minimum atomic E-state index is -0.972. The van der Waals surface area contributed by atoms with E-state index in [9.17, 15) is 24.5 Å². The number of carbonyl (C=O) groups is 3. The van der Waals surface area contributed by atoms with Crippen LogP contribution in [0.1, 0.15) is 42.9 Å². The van der Waals surface area contributed by atoms with Crippen molar-refractivity contribution in [1.29, 1.82) is 0 Å². The van der Waals surface area contributed by atoms with E-state index in [1.807, 2.05) is 19.1 Å². The number of ether oxygens (including phenoxy) is 1. The van der Waals surface area contributed by atoms with Gasteiger partial charge in [-0.05, 0) is 37.5 Å². The normalized spacial score (nSPS) is 11.2. The summed E-state index contributed by atoms with van der Waals surface area (Å²) in [6, 6.07) is 8.69. The first-order valence-corrected chi connectivity index (χ1v) is 10.8. The van der Waals surface area contributed by atoms with Crippen molar-refractivity contribution in [3.63, 3.8) is 0 Å². The monoisotopic (exact) mass is 471 g/mol. The van der Waals surface area contributed by atoms with Gasteiger partial charge in [0.2, 0.25) is 11.8 Å². The van der Waals surface area contributed by atoms with Crippen LogP contribution in [0.5, 0.6) is 0 Å². The number of anilines is 1. The lowest BCUT2D eigenvalue weighted by Crippen LogP contribution is -2.39. The Morgan fingerprint density at radius 1 is 1.15 bits per heavy atom. The Kier molecular flexibility index (Phi) is 10.4. The topological polar surface area (TPSA) is 153 Å². The molecule has 34 heavy (non-hydrogen) atoms. The molecule has 1 aromatic carbocycles. The number of nitrogens with one attached hydrogen (secondary N) is 3. The zero-order chi connectivity index (χ0) is 24.9. The molecule has 1 unspecified atom stereocenters. The van der Waals surface area contributed by atoms with Crippen molar-refractivity contribution in [3.8, 4) is 0 Å². The lowest BCUT2D eigenvalue weighted by molar-refractivity contribution is -0.385. The highest BCUT2D eigenvalue weighted by Crippen LogP contribution is 2.27. The van der Waals surface area contributed by atoms with E-state index in [-0.39, 0.29) is 36.5 Å². The number of methoxy groups -OCH3 is 1. The number of carbonyl (C=O) groups excluding carboxylic acids is 3. The molecule has 0 radical (unpaired) electrons. The Morgan fingerprint density at radius 2 is 1.91 bits per heavy atom. The maximum absolute atomic E-state index is 12.4. The highest BCUT2D eigenvalue weighted by Gasteiger charge is 2.26. The molecule has 0 aliphatic carbocycles. The van der Waals surface area contributed by atoms with E-state index in [1.165, 1.54) is 25.3 Å². The second-order valence-electron chi connectivity index (χ2n) is 7.60. The summed E-state index contributed by atoms with van der Waals surface area (Å²) in [5.74, 6) is -0.727. The molecule has 2 aromatic rings. The first kappa shape index (κ1) is 26.2. The molecule has 0 fully saturated rings. The van der Waals surface area contributed by atoms with Crippen LogP contribution in [0.3, 0.4) is 0 Å². The van der Waals surface area contributed by atoms with Gasteiger partial charge in [0.15, 0.2) is 0 Å². The molecule has 2 amide bonds. The van der Waals surface area contributed by atoms with Crippen molar-refractivity contribution in [1.82, 2.24) is 15.6 Å². The second-order valence-corrected chi connectivity index (χ2v) is 7.60. The molecule has 0 saturated carbocycles. The molecule has 11 heteroatoms. The molecule has 0 aliphatic rings. The molecule has 11 nitrogen and oxygen atoms in total. The fourth-order valence-electron chi connectivity index (χ4n) is 3.21. The highest BCUT2D eigenvalue weighted by molar-refractivity contribution is 5.85. The summed E-state index contributed by atoms with van der Waals surface area (Å²) in [6.07, 6.45) is 3.04. The van der Waals surface area contributed by atoms with E-state index >= 15 is 0 Å². The van der Waals surface area contributed by atoms with Crippen molar-refractivity contribution in [3.05, 3.63) is 63.8 Å². The predicted molar refractivity (Wildman–Crippen MR) is 125 cm³/mol. The number of para-hydroxylation sites is 1. The Hall–Kier alpha value is -4.02. The van der Waals surface area contributed by atoms with Gasteiger partial charge in [0.05, 0.1) is 36.6 Å². The molecule has 1 aromatic heterocycles. The number of hydrogen-bond donors (Lipinski definition) is 3. The third-order valence-corrected chi connectivity index (χ3v) is 4.94. The number of hydrogen-bond acceptors (Lipinski definition) is 8. The van der Waals surface area contributed by atoms with Crippen LogP contribution < -0.4 is 16.0 Å². The van der Waals surface area contributed by atoms with Crippen LogP contribution in [-0.2, 0) is 19.1 Å². The summed E-state index contributed by atoms with van der Waals surface area (Å²) in [7, 11) is 1.19. The zero-order valence-corrected chi connectivity index (χ0v) is 19.2. The molecule has 2 rings (SSSR count). The largest absolute Gasteiger partial charge is 0.469 e. The van der Waals surface area contributed by atoms with Gasteiger partial charge in [-0.15, -0.1) is 0 Å². The van der Waals surface area contributed by atoms with E-state index in [1.54, 1.807) is 12.3 Å². The molecule has 3 N–H and O–H groups in total. The third-order valence-electron chi connectivity index (χ3n) is 4.94. The van der Waals surface area contributed by atoms with Crippen LogP contribution >= 0.6 is 0 Å². The van der Waals surface area contributed by atoms with Crippen LogP contribution in [0.25, 0.3) is 0 Å². The number of amides is 2. The average Bonchev–Trinajstić information content (AvgIpc) is 2.82. The molecule has 182 valence electrons. The summed E-state index contributed by atoms with van der Waals surface area (Å²) in [5.41, 5.74) is 1.05. The molecule has 0 bridgehead atoms. The van der Waals surface area contributed by atoms with Gasteiger partial charge in [-0.3, -0.25) is 24.5 Å². The molecular formula is C23H29N5O6. The first-order chi connectivity index (χ1) is 16.3. The fourth-order valence-corrected chi connectivity index (χ4v) is 3.21. The fraction of sp³-hybridized carbons (Fsp3) is 0.391. The SMILES string of the molecule is COC(=O)CC(NC(=O)CNC(=O)CCCCNc1cc(C)ccn1)c1ccccc1[N+](=O)[O-]. The van der Waals surface area contributed by atoms with Gasteiger partial charge in [-0.1, -0.05) is 18.2 Å². The summed E-state index contributed by atoms with van der Waals surface area (Å²) in [6.45, 7) is 2.32. The summed E-state index contributed by atoms with van der Waals surface area (Å²) in [5, 5.41) is 19.6. The van der Waals surface area contributed by atoms with Gasteiger partial charge in [-0.2, -0.15) is 0 Å². The maximum atomic E-state index is 12.4. The van der Waals surface area contributed by atoms with E-state index in [0.29, 0.717) is 13.0 Å². The van der Waals surface area contributed by atoms with Gasteiger partial charge < -0.3 is 20.7 Å². The number of aryl methyl sites for hydroxylation is 1. The Labute approximate surface area is 197 Å². The van der Waals surface area contributed by atoms with Crippen molar-refractivity contribution in [2.45, 2.75) is 38.6 Å². The standard InChI is InChI=1S/C23H29N5O6/c1-16-10-12-25-20(13-16)24-11-6-5-9-21(29)26-15-22(30)27-18(14-23(31)34-2)17-7-3-4-8-19(17)28(32)33/h3-4,7-8,10,12-13,18H,5-6,9,11,14-15H2,1-2H3,(H,24,25)(H,26,29)(H,27,30). The Morgan fingerprint density at radius 3 is 2.62 bits per heavy atom. The minimum Gasteiger partial charge on any atom is -0.469 e. The zero-order valence-electron chi connectivity index (χ0n) is 19.2. The van der Waals surface area contributed by atoms with E-state index in [0.717, 1.165) is 17.8 Å². The maximum Gasteiger partial charge on any atom is 0.307 e. The summed E-state index contributed by atoms with van der Waals surface area (Å²) < 4.78 is 4.64. The van der Waals surface area contributed by atoms with Crippen LogP contribution in [0.15, 0.2) is 42.6 Å². The number of benzene rings is 1. The molecule has 0 saturated heterocycles. The number of esters is 1. The predicted octanol–water partition coefficient (Wildman–Crippen LogP) is 2.42. The molecule has 0 aliphatic heterocycles. The number of unbranched alkanes of at least 4 members (excludes halogenated alkanes) is 1. The van der Waals surface area contributed by atoms with Crippen LogP contribution in [0, 0.1) is 17.0 Å². The van der Waals surface area contributed by atoms with Crippen molar-refractivity contribution in [2.75, 3.05) is 25.5 Å². The van der Waals surface area contributed by atoms with E-state index in [4.69, 9.17) is 0 Å². The first-order valence-electron chi connectivity index (χ1n) is 10.8. The van der Waals surface area contributed by atoms with Gasteiger partial charge in [-0.25, -0.2) is 4.98 Å². The average molecular weight is 472 g/mol. The van der Waals surface area contributed by atoms with Gasteiger partial charge in [0.25, 0.3) is 5.69 Å². The van der Waals surface area contributed by atoms with Crippen LogP contribution in [-0.4, -0.2) is 47.9 Å². The molecular weight excluding hydrogens is 442 g/mol. The number of aromatic nitrogens is 1. The molecule has 0 spiro atoms.